The number of benzene rings is 1. The highest BCUT2D eigenvalue weighted by atomic mass is 19.1. The number of hydrogen-bond donors (Lipinski definition) is 2. The maximum Gasteiger partial charge on any atom is 0.426 e. The SMILES string of the molecule is CC(C)(C)OC(=O)NNc1ccc(F)cc1F. The molecule has 0 aliphatic carbocycles. The molecule has 0 unspecified atom stereocenters. The van der Waals surface area contributed by atoms with Gasteiger partial charge in [0.2, 0.25) is 0 Å². The Morgan fingerprint density at radius 1 is 1.29 bits per heavy atom. The van der Waals surface area contributed by atoms with Crippen molar-refractivity contribution in [1.82, 2.24) is 5.43 Å². The smallest absolute Gasteiger partial charge is 0.426 e. The quantitative estimate of drug-likeness (QED) is 0.786. The van der Waals surface area contributed by atoms with E-state index in [4.69, 9.17) is 4.74 Å². The molecule has 0 aliphatic rings. The highest BCUT2D eigenvalue weighted by Gasteiger charge is 2.16. The summed E-state index contributed by atoms with van der Waals surface area (Å²) in [7, 11) is 0. The number of nitrogens with one attached hydrogen (secondary N) is 2. The van der Waals surface area contributed by atoms with Crippen molar-refractivity contribution in [3.63, 3.8) is 0 Å². The highest BCUT2D eigenvalue weighted by molar-refractivity contribution is 5.69. The van der Waals surface area contributed by atoms with Crippen LogP contribution in [-0.4, -0.2) is 11.7 Å². The molecule has 1 aromatic rings. The number of hydrogen-bond acceptors (Lipinski definition) is 3. The van der Waals surface area contributed by atoms with Gasteiger partial charge in [-0.2, -0.15) is 0 Å². The minimum absolute atomic E-state index is 0.0442. The summed E-state index contributed by atoms with van der Waals surface area (Å²) in [5.74, 6) is -1.49. The molecule has 0 spiro atoms. The molecule has 1 rings (SSSR count). The summed E-state index contributed by atoms with van der Waals surface area (Å²) in [6, 6.07) is 2.95. The Bertz CT molecular complexity index is 416. The number of carbonyl (C=O) groups excluding carboxylic acids is 1. The molecule has 0 heterocycles. The molecule has 2 N–H and O–H groups in total. The van der Waals surface area contributed by atoms with Gasteiger partial charge in [0.1, 0.15) is 11.4 Å². The topological polar surface area (TPSA) is 50.4 Å². The molecule has 4 nitrogen and oxygen atoms in total. The second-order valence-corrected chi connectivity index (χ2v) is 4.38. The number of halogens is 2. The Labute approximate surface area is 97.9 Å². The van der Waals surface area contributed by atoms with Crippen LogP contribution in [-0.2, 0) is 4.74 Å². The van der Waals surface area contributed by atoms with Crippen LogP contribution in [0.4, 0.5) is 19.3 Å². The van der Waals surface area contributed by atoms with Crippen molar-refractivity contribution >= 4 is 11.8 Å². The zero-order chi connectivity index (χ0) is 13.1. The summed E-state index contributed by atoms with van der Waals surface area (Å²) >= 11 is 0. The monoisotopic (exact) mass is 244 g/mol. The summed E-state index contributed by atoms with van der Waals surface area (Å²) < 4.78 is 30.6. The first-order valence-corrected chi connectivity index (χ1v) is 4.98. The molecular weight excluding hydrogens is 230 g/mol. The third-order valence-corrected chi connectivity index (χ3v) is 1.63. The zero-order valence-electron chi connectivity index (χ0n) is 9.80. The molecule has 0 radical (unpaired) electrons. The van der Waals surface area contributed by atoms with Crippen molar-refractivity contribution < 1.29 is 18.3 Å². The van der Waals surface area contributed by atoms with Gasteiger partial charge >= 0.3 is 6.09 Å². The summed E-state index contributed by atoms with van der Waals surface area (Å²) in [5, 5.41) is 0. The molecule has 1 aromatic carbocycles. The molecule has 0 atom stereocenters. The Morgan fingerprint density at radius 3 is 2.47 bits per heavy atom. The van der Waals surface area contributed by atoms with Crippen molar-refractivity contribution in [2.45, 2.75) is 26.4 Å². The lowest BCUT2D eigenvalue weighted by Crippen LogP contribution is -2.36. The standard InChI is InChI=1S/C11H14F2N2O2/c1-11(2,3)17-10(16)15-14-9-5-4-7(12)6-8(9)13/h4-6,14H,1-3H3,(H,15,16). The Balaban J connectivity index is 2.53. The molecule has 6 heteroatoms. The molecule has 0 saturated carbocycles. The first-order chi connectivity index (χ1) is 7.78. The summed E-state index contributed by atoms with van der Waals surface area (Å²) in [6.45, 7) is 5.10. The molecule has 17 heavy (non-hydrogen) atoms. The number of hydrazine groups is 1. The normalized spacial score (nSPS) is 10.9. The van der Waals surface area contributed by atoms with E-state index in [1.807, 2.05) is 0 Å². The van der Waals surface area contributed by atoms with E-state index in [1.165, 1.54) is 6.07 Å². The average molecular weight is 244 g/mol. The van der Waals surface area contributed by atoms with Gasteiger partial charge in [-0.1, -0.05) is 0 Å². The van der Waals surface area contributed by atoms with Crippen molar-refractivity contribution in [3.8, 4) is 0 Å². The van der Waals surface area contributed by atoms with Crippen LogP contribution in [0.3, 0.4) is 0 Å². The summed E-state index contributed by atoms with van der Waals surface area (Å²) in [5.41, 5.74) is 3.75. The third-order valence-electron chi connectivity index (χ3n) is 1.63. The van der Waals surface area contributed by atoms with Crippen LogP contribution in [0.2, 0.25) is 0 Å². The van der Waals surface area contributed by atoms with Gasteiger partial charge in [0.15, 0.2) is 5.82 Å². The number of ether oxygens (including phenoxy) is 1. The van der Waals surface area contributed by atoms with Gasteiger partial charge in [0.05, 0.1) is 5.69 Å². The van der Waals surface area contributed by atoms with Gasteiger partial charge in [-0.3, -0.25) is 5.43 Å². The first kappa shape index (κ1) is 13.2. The second kappa shape index (κ2) is 4.99. The number of amides is 1. The third kappa shape index (κ3) is 4.67. The molecule has 94 valence electrons. The number of anilines is 1. The van der Waals surface area contributed by atoms with E-state index in [1.54, 1.807) is 20.8 Å². The lowest BCUT2D eigenvalue weighted by molar-refractivity contribution is 0.0541. The summed E-state index contributed by atoms with van der Waals surface area (Å²) in [4.78, 5) is 11.2. The van der Waals surface area contributed by atoms with Crippen LogP contribution in [0, 0.1) is 11.6 Å². The second-order valence-electron chi connectivity index (χ2n) is 4.38. The highest BCUT2D eigenvalue weighted by Crippen LogP contribution is 2.14. The van der Waals surface area contributed by atoms with E-state index in [0.29, 0.717) is 6.07 Å². The Kier molecular flexibility index (Phi) is 3.88. The van der Waals surface area contributed by atoms with Crippen LogP contribution in [0.1, 0.15) is 20.8 Å². The van der Waals surface area contributed by atoms with Crippen LogP contribution in [0.5, 0.6) is 0 Å². The van der Waals surface area contributed by atoms with Gasteiger partial charge in [-0.25, -0.2) is 19.0 Å². The minimum Gasteiger partial charge on any atom is -0.443 e. The van der Waals surface area contributed by atoms with Crippen LogP contribution in [0.15, 0.2) is 18.2 Å². The molecule has 0 aliphatic heterocycles. The van der Waals surface area contributed by atoms with E-state index in [9.17, 15) is 13.6 Å². The van der Waals surface area contributed by atoms with E-state index in [-0.39, 0.29) is 5.69 Å². The largest absolute Gasteiger partial charge is 0.443 e. The Hall–Kier alpha value is -1.85. The van der Waals surface area contributed by atoms with Gasteiger partial charge < -0.3 is 4.74 Å². The maximum absolute atomic E-state index is 13.1. The number of rotatable bonds is 2. The van der Waals surface area contributed by atoms with Crippen LogP contribution < -0.4 is 10.9 Å². The maximum atomic E-state index is 13.1. The van der Waals surface area contributed by atoms with Crippen molar-refractivity contribution in [3.05, 3.63) is 29.8 Å². The lowest BCUT2D eigenvalue weighted by Gasteiger charge is -2.20. The van der Waals surface area contributed by atoms with Gasteiger partial charge in [-0.15, -0.1) is 0 Å². The fourth-order valence-corrected chi connectivity index (χ4v) is 1.01. The minimum atomic E-state index is -0.805. The molecular formula is C11H14F2N2O2. The van der Waals surface area contributed by atoms with E-state index in [2.05, 4.69) is 10.9 Å². The van der Waals surface area contributed by atoms with Crippen molar-refractivity contribution in [2.75, 3.05) is 5.43 Å². The lowest BCUT2D eigenvalue weighted by atomic mass is 10.2. The zero-order valence-corrected chi connectivity index (χ0v) is 9.80. The summed E-state index contributed by atoms with van der Waals surface area (Å²) in [6.07, 6.45) is -0.749. The molecule has 1 amide bonds. The van der Waals surface area contributed by atoms with Gasteiger partial charge in [-0.05, 0) is 32.9 Å². The fraction of sp³-hybridized carbons (Fsp3) is 0.364. The van der Waals surface area contributed by atoms with E-state index >= 15 is 0 Å². The molecule has 0 bridgehead atoms. The molecule has 0 saturated heterocycles. The van der Waals surface area contributed by atoms with E-state index in [0.717, 1.165) is 6.07 Å². The van der Waals surface area contributed by atoms with Gasteiger partial charge in [0, 0.05) is 6.07 Å². The van der Waals surface area contributed by atoms with Crippen molar-refractivity contribution in [1.29, 1.82) is 0 Å². The molecule has 0 aromatic heterocycles. The molecule has 0 fully saturated rings. The fourth-order valence-electron chi connectivity index (χ4n) is 1.01. The van der Waals surface area contributed by atoms with Crippen LogP contribution >= 0.6 is 0 Å². The first-order valence-electron chi connectivity index (χ1n) is 4.98. The van der Waals surface area contributed by atoms with Gasteiger partial charge in [0.25, 0.3) is 0 Å². The predicted octanol–water partition coefficient (Wildman–Crippen LogP) is 2.82. The Morgan fingerprint density at radius 2 is 1.94 bits per heavy atom. The van der Waals surface area contributed by atoms with Crippen molar-refractivity contribution in [2.24, 2.45) is 0 Å². The average Bonchev–Trinajstić information content (AvgIpc) is 2.13. The predicted molar refractivity (Wildman–Crippen MR) is 59.4 cm³/mol. The van der Waals surface area contributed by atoms with E-state index < -0.39 is 23.3 Å². The van der Waals surface area contributed by atoms with Crippen LogP contribution in [0.25, 0.3) is 0 Å². The number of carbonyl (C=O) groups is 1.